The molecule has 0 aromatic heterocycles. The lowest BCUT2D eigenvalue weighted by Gasteiger charge is -2.19. The zero-order valence-corrected chi connectivity index (χ0v) is 16.5. The summed E-state index contributed by atoms with van der Waals surface area (Å²) in [6, 6.07) is 12.6. The highest BCUT2D eigenvalue weighted by molar-refractivity contribution is 9.10. The summed E-state index contributed by atoms with van der Waals surface area (Å²) < 4.78 is 11.7. The van der Waals surface area contributed by atoms with Gasteiger partial charge in [-0.3, -0.25) is 9.59 Å². The van der Waals surface area contributed by atoms with Gasteiger partial charge in [0.1, 0.15) is 0 Å². The van der Waals surface area contributed by atoms with Gasteiger partial charge in [-0.05, 0) is 29.8 Å². The summed E-state index contributed by atoms with van der Waals surface area (Å²) in [7, 11) is 4.76. The van der Waals surface area contributed by atoms with Crippen LogP contribution in [0.2, 0.25) is 0 Å². The Labute approximate surface area is 161 Å². The number of carbonyl (C=O) groups excluding carboxylic acids is 2. The highest BCUT2D eigenvalue weighted by Gasteiger charge is 2.16. The van der Waals surface area contributed by atoms with Crippen molar-refractivity contribution in [3.63, 3.8) is 0 Å². The molecule has 0 aliphatic carbocycles. The van der Waals surface area contributed by atoms with Gasteiger partial charge in [0.05, 0.1) is 7.11 Å². The second kappa shape index (κ2) is 9.24. The van der Waals surface area contributed by atoms with E-state index in [1.165, 1.54) is 14.2 Å². The minimum Gasteiger partial charge on any atom is -0.493 e. The van der Waals surface area contributed by atoms with Crippen LogP contribution in [0.3, 0.4) is 0 Å². The zero-order valence-electron chi connectivity index (χ0n) is 14.9. The first kappa shape index (κ1) is 19.8. The molecule has 0 fully saturated rings. The van der Waals surface area contributed by atoms with Crippen molar-refractivity contribution in [2.24, 2.45) is 0 Å². The van der Waals surface area contributed by atoms with Gasteiger partial charge < -0.3 is 19.7 Å². The summed E-state index contributed by atoms with van der Waals surface area (Å²) in [5.74, 6) is 0.410. The molecule has 0 aliphatic heterocycles. The molecule has 2 aromatic carbocycles. The number of rotatable bonds is 7. The number of amides is 2. The average Bonchev–Trinajstić information content (AvgIpc) is 2.66. The van der Waals surface area contributed by atoms with Gasteiger partial charge >= 0.3 is 0 Å². The topological polar surface area (TPSA) is 67.9 Å². The highest BCUT2D eigenvalue weighted by atomic mass is 79.9. The van der Waals surface area contributed by atoms with Crippen LogP contribution in [0.15, 0.2) is 46.9 Å². The minimum atomic E-state index is -0.250. The first-order valence-electron chi connectivity index (χ1n) is 7.96. The molecule has 0 saturated heterocycles. The van der Waals surface area contributed by atoms with E-state index >= 15 is 0 Å². The van der Waals surface area contributed by atoms with E-state index in [0.717, 1.165) is 10.0 Å². The van der Waals surface area contributed by atoms with Crippen LogP contribution in [0.25, 0.3) is 0 Å². The minimum absolute atomic E-state index is 0.123. The first-order chi connectivity index (χ1) is 12.5. The van der Waals surface area contributed by atoms with E-state index in [1.807, 2.05) is 24.3 Å². The second-order valence-electron chi connectivity index (χ2n) is 5.58. The molecule has 0 aliphatic rings. The molecule has 1 N–H and O–H groups in total. The predicted molar refractivity (Wildman–Crippen MR) is 102 cm³/mol. The molecule has 2 amide bonds. The highest BCUT2D eigenvalue weighted by Crippen LogP contribution is 2.29. The molecular weight excluding hydrogens is 400 g/mol. The van der Waals surface area contributed by atoms with Gasteiger partial charge in [0.15, 0.2) is 18.1 Å². The Kier molecular flexibility index (Phi) is 7.03. The first-order valence-corrected chi connectivity index (χ1v) is 8.75. The van der Waals surface area contributed by atoms with Crippen molar-refractivity contribution in [1.29, 1.82) is 0 Å². The maximum Gasteiger partial charge on any atom is 0.257 e. The Hall–Kier alpha value is -2.54. The predicted octanol–water partition coefficient (Wildman–Crippen LogP) is 2.85. The van der Waals surface area contributed by atoms with Crippen LogP contribution in [-0.2, 0) is 11.3 Å². The Morgan fingerprint density at radius 3 is 2.54 bits per heavy atom. The monoisotopic (exact) mass is 420 g/mol. The summed E-state index contributed by atoms with van der Waals surface area (Å²) in [4.78, 5) is 25.6. The SMILES string of the molecule is CNC(=O)COc1ccc(C(=O)N(C)Cc2ccccc2Br)cc1OC. The number of hydrogen-bond acceptors (Lipinski definition) is 4. The standard InChI is InChI=1S/C19H21BrN2O4/c1-21-18(23)12-26-16-9-8-13(10-17(16)25-3)19(24)22(2)11-14-6-4-5-7-15(14)20/h4-10H,11-12H2,1-3H3,(H,21,23). The molecule has 0 atom stereocenters. The molecule has 6 nitrogen and oxygen atoms in total. The fourth-order valence-electron chi connectivity index (χ4n) is 2.31. The van der Waals surface area contributed by atoms with Crippen molar-refractivity contribution in [2.75, 3.05) is 27.8 Å². The van der Waals surface area contributed by atoms with Gasteiger partial charge in [0.25, 0.3) is 11.8 Å². The van der Waals surface area contributed by atoms with Crippen molar-refractivity contribution in [3.8, 4) is 11.5 Å². The lowest BCUT2D eigenvalue weighted by molar-refractivity contribution is -0.122. The summed E-state index contributed by atoms with van der Waals surface area (Å²) >= 11 is 3.49. The maximum absolute atomic E-state index is 12.7. The van der Waals surface area contributed by atoms with Crippen LogP contribution >= 0.6 is 15.9 Å². The number of benzene rings is 2. The fourth-order valence-corrected chi connectivity index (χ4v) is 2.72. The second-order valence-corrected chi connectivity index (χ2v) is 6.43. The molecule has 0 unspecified atom stereocenters. The smallest absolute Gasteiger partial charge is 0.257 e. The van der Waals surface area contributed by atoms with Gasteiger partial charge in [-0.2, -0.15) is 0 Å². The lowest BCUT2D eigenvalue weighted by atomic mass is 10.1. The van der Waals surface area contributed by atoms with Crippen LogP contribution in [0, 0.1) is 0 Å². The van der Waals surface area contributed by atoms with E-state index in [1.54, 1.807) is 30.1 Å². The Bertz CT molecular complexity index is 795. The van der Waals surface area contributed by atoms with Gasteiger partial charge in [-0.1, -0.05) is 34.1 Å². The van der Waals surface area contributed by atoms with E-state index in [9.17, 15) is 9.59 Å². The van der Waals surface area contributed by atoms with Gasteiger partial charge in [0, 0.05) is 30.7 Å². The third kappa shape index (κ3) is 4.98. The maximum atomic E-state index is 12.7. The molecule has 0 bridgehead atoms. The largest absolute Gasteiger partial charge is 0.493 e. The van der Waals surface area contributed by atoms with Crippen LogP contribution in [0.5, 0.6) is 11.5 Å². The van der Waals surface area contributed by atoms with Crippen LogP contribution in [0.1, 0.15) is 15.9 Å². The summed E-state index contributed by atoms with van der Waals surface area (Å²) in [5.41, 5.74) is 1.49. The van der Waals surface area contributed by atoms with Gasteiger partial charge in [-0.15, -0.1) is 0 Å². The number of nitrogens with zero attached hydrogens (tertiary/aromatic N) is 1. The van der Waals surface area contributed by atoms with E-state index in [4.69, 9.17) is 9.47 Å². The molecule has 2 aromatic rings. The molecule has 0 spiro atoms. The van der Waals surface area contributed by atoms with E-state index in [-0.39, 0.29) is 18.4 Å². The Morgan fingerprint density at radius 1 is 1.15 bits per heavy atom. The summed E-state index contributed by atoms with van der Waals surface area (Å²) in [5, 5.41) is 2.48. The van der Waals surface area contributed by atoms with Crippen LogP contribution < -0.4 is 14.8 Å². The molecule has 138 valence electrons. The van der Waals surface area contributed by atoms with Crippen molar-refractivity contribution < 1.29 is 19.1 Å². The number of ether oxygens (including phenoxy) is 2. The third-order valence-electron chi connectivity index (χ3n) is 3.76. The van der Waals surface area contributed by atoms with Crippen molar-refractivity contribution in [1.82, 2.24) is 10.2 Å². The number of hydrogen-bond donors (Lipinski definition) is 1. The zero-order chi connectivity index (χ0) is 19.1. The molecule has 2 rings (SSSR count). The molecule has 26 heavy (non-hydrogen) atoms. The number of carbonyl (C=O) groups is 2. The molecule has 0 saturated carbocycles. The van der Waals surface area contributed by atoms with Crippen molar-refractivity contribution in [3.05, 3.63) is 58.1 Å². The fraction of sp³-hybridized carbons (Fsp3) is 0.263. The molecule has 7 heteroatoms. The molecule has 0 radical (unpaired) electrons. The van der Waals surface area contributed by atoms with E-state index in [2.05, 4.69) is 21.2 Å². The van der Waals surface area contributed by atoms with Crippen LogP contribution in [-0.4, -0.2) is 44.5 Å². The number of halogens is 1. The lowest BCUT2D eigenvalue weighted by Crippen LogP contribution is -2.26. The van der Waals surface area contributed by atoms with E-state index in [0.29, 0.717) is 23.6 Å². The number of methoxy groups -OCH3 is 1. The Morgan fingerprint density at radius 2 is 1.88 bits per heavy atom. The van der Waals surface area contributed by atoms with Crippen molar-refractivity contribution >= 4 is 27.7 Å². The summed E-state index contributed by atoms with van der Waals surface area (Å²) in [6.45, 7) is 0.347. The summed E-state index contributed by atoms with van der Waals surface area (Å²) in [6.07, 6.45) is 0. The number of likely N-dealkylation sites (N-methyl/N-ethyl adjacent to an activating group) is 1. The van der Waals surface area contributed by atoms with Gasteiger partial charge in [0.2, 0.25) is 0 Å². The van der Waals surface area contributed by atoms with Gasteiger partial charge in [-0.25, -0.2) is 0 Å². The molecular formula is C19H21BrN2O4. The average molecular weight is 421 g/mol. The van der Waals surface area contributed by atoms with Crippen LogP contribution in [0.4, 0.5) is 0 Å². The third-order valence-corrected chi connectivity index (χ3v) is 4.53. The quantitative estimate of drug-likeness (QED) is 0.747. The molecule has 0 heterocycles. The number of nitrogens with one attached hydrogen (secondary N) is 1. The van der Waals surface area contributed by atoms with E-state index < -0.39 is 0 Å². The Balaban J connectivity index is 2.13. The normalized spacial score (nSPS) is 10.2. The van der Waals surface area contributed by atoms with Crippen molar-refractivity contribution in [2.45, 2.75) is 6.54 Å².